The summed E-state index contributed by atoms with van der Waals surface area (Å²) in [5, 5.41) is 86.0. The first-order valence-electron chi connectivity index (χ1n) is 26.4. The summed E-state index contributed by atoms with van der Waals surface area (Å²) in [5.41, 5.74) is 0. The summed E-state index contributed by atoms with van der Waals surface area (Å²) < 4.78 is 22.5. The van der Waals surface area contributed by atoms with Gasteiger partial charge in [-0.2, -0.15) is 0 Å². The normalized spacial score (nSPS) is 27.0. The van der Waals surface area contributed by atoms with E-state index in [1.165, 1.54) is 109 Å². The van der Waals surface area contributed by atoms with Gasteiger partial charge in [0.15, 0.2) is 12.6 Å². The smallest absolute Gasteiger partial charge is 0.220 e. The summed E-state index contributed by atoms with van der Waals surface area (Å²) in [6.07, 6.45) is 31.1. The molecule has 0 radical (unpaired) electrons. The SMILES string of the molecule is CCCC/C=C/C(O)C(COC1OC(CO)C(OC2OC(CO)C(O)C(O)C2O)C(O)C1O)NC(=O)CCCCCCCCCCCCCCCC/C=C\C/C=C\C/C=C\CCCCCCC. The summed E-state index contributed by atoms with van der Waals surface area (Å²) in [7, 11) is 0. The zero-order chi connectivity index (χ0) is 48.9. The van der Waals surface area contributed by atoms with Gasteiger partial charge in [-0.3, -0.25) is 4.79 Å². The van der Waals surface area contributed by atoms with Crippen LogP contribution in [0.25, 0.3) is 0 Å². The summed E-state index contributed by atoms with van der Waals surface area (Å²) in [4.78, 5) is 13.0. The maximum Gasteiger partial charge on any atom is 0.220 e. The number of amides is 1. The lowest BCUT2D eigenvalue weighted by Crippen LogP contribution is -2.65. The average molecular weight is 954 g/mol. The highest BCUT2D eigenvalue weighted by Crippen LogP contribution is 2.30. The first-order valence-corrected chi connectivity index (χ1v) is 26.4. The largest absolute Gasteiger partial charge is 0.394 e. The highest BCUT2D eigenvalue weighted by Gasteiger charge is 2.51. The van der Waals surface area contributed by atoms with E-state index in [2.05, 4.69) is 55.6 Å². The molecule has 2 heterocycles. The van der Waals surface area contributed by atoms with E-state index in [0.717, 1.165) is 51.4 Å². The predicted molar refractivity (Wildman–Crippen MR) is 263 cm³/mol. The minimum Gasteiger partial charge on any atom is -0.394 e. The van der Waals surface area contributed by atoms with Crippen molar-refractivity contribution in [3.05, 3.63) is 48.6 Å². The first kappa shape index (κ1) is 61.1. The van der Waals surface area contributed by atoms with E-state index in [9.17, 15) is 45.6 Å². The Morgan fingerprint density at radius 1 is 0.537 bits per heavy atom. The van der Waals surface area contributed by atoms with E-state index in [4.69, 9.17) is 18.9 Å². The van der Waals surface area contributed by atoms with E-state index in [-0.39, 0.29) is 18.9 Å². The van der Waals surface area contributed by atoms with Crippen LogP contribution in [0.3, 0.4) is 0 Å². The number of aliphatic hydroxyl groups is 8. The molecule has 12 unspecified atom stereocenters. The van der Waals surface area contributed by atoms with Crippen molar-refractivity contribution < 1.29 is 64.6 Å². The lowest BCUT2D eigenvalue weighted by Gasteiger charge is -2.46. The number of rotatable bonds is 40. The van der Waals surface area contributed by atoms with Crippen LogP contribution < -0.4 is 5.32 Å². The fraction of sp³-hybridized carbons (Fsp3) is 0.830. The number of unbranched alkanes of at least 4 members (excludes halogenated alkanes) is 21. The molecule has 0 bridgehead atoms. The summed E-state index contributed by atoms with van der Waals surface area (Å²) >= 11 is 0. The van der Waals surface area contributed by atoms with E-state index in [0.29, 0.717) is 6.42 Å². The monoisotopic (exact) mass is 954 g/mol. The molecule has 14 nitrogen and oxygen atoms in total. The topological polar surface area (TPSA) is 228 Å². The number of aliphatic hydroxyl groups excluding tert-OH is 8. The van der Waals surface area contributed by atoms with Crippen LogP contribution in [-0.4, -0.2) is 140 Å². The third kappa shape index (κ3) is 26.7. The van der Waals surface area contributed by atoms with Crippen LogP contribution in [0.15, 0.2) is 48.6 Å². The second kappa shape index (κ2) is 39.6. The van der Waals surface area contributed by atoms with Crippen LogP contribution in [0.4, 0.5) is 0 Å². The van der Waals surface area contributed by atoms with Crippen LogP contribution in [0.1, 0.15) is 187 Å². The molecule has 0 aromatic carbocycles. The molecular weight excluding hydrogens is 859 g/mol. The van der Waals surface area contributed by atoms with Crippen molar-refractivity contribution in [2.24, 2.45) is 0 Å². The number of carbonyl (C=O) groups excluding carboxylic acids is 1. The fourth-order valence-electron chi connectivity index (χ4n) is 8.40. The number of hydrogen-bond acceptors (Lipinski definition) is 13. The Morgan fingerprint density at radius 2 is 1.00 bits per heavy atom. The second-order valence-electron chi connectivity index (χ2n) is 18.6. The van der Waals surface area contributed by atoms with Gasteiger partial charge in [-0.1, -0.05) is 178 Å². The van der Waals surface area contributed by atoms with Crippen LogP contribution in [-0.2, 0) is 23.7 Å². The standard InChI is InChI=1S/C53H95NO13/c1-3-5-7-9-10-11-12-13-14-15-16-17-18-19-20-21-22-23-24-25-26-27-28-29-30-31-32-33-35-37-45(58)54-41(42(57)36-34-8-6-4-2)40-64-52-50(63)48(61)51(44(39-56)66-52)67-53-49(62)47(60)46(59)43(38-55)65-53/h12-13,15-16,18-19,34,36,41-44,46-53,55-57,59-63H,3-11,14,17,20-33,35,37-40H2,1-2H3,(H,54,58)/b13-12-,16-15-,19-18-,36-34+. The van der Waals surface area contributed by atoms with Crippen LogP contribution >= 0.6 is 0 Å². The number of hydrogen-bond donors (Lipinski definition) is 9. The first-order chi connectivity index (χ1) is 32.6. The molecule has 390 valence electrons. The maximum atomic E-state index is 13.0. The summed E-state index contributed by atoms with van der Waals surface area (Å²) in [6.45, 7) is 2.60. The van der Waals surface area contributed by atoms with Gasteiger partial charge in [0.05, 0.1) is 32.0 Å². The van der Waals surface area contributed by atoms with E-state index in [1.807, 2.05) is 6.08 Å². The van der Waals surface area contributed by atoms with Gasteiger partial charge in [0.2, 0.25) is 5.91 Å². The van der Waals surface area contributed by atoms with Crippen LogP contribution in [0, 0.1) is 0 Å². The molecule has 1 amide bonds. The maximum absolute atomic E-state index is 13.0. The van der Waals surface area contributed by atoms with Gasteiger partial charge in [-0.25, -0.2) is 0 Å². The second-order valence-corrected chi connectivity index (χ2v) is 18.6. The zero-order valence-electron chi connectivity index (χ0n) is 41.4. The van der Waals surface area contributed by atoms with Gasteiger partial charge in [0.1, 0.15) is 48.8 Å². The van der Waals surface area contributed by atoms with Crippen LogP contribution in [0.2, 0.25) is 0 Å². The minimum atomic E-state index is -1.79. The molecule has 0 saturated carbocycles. The van der Waals surface area contributed by atoms with Gasteiger partial charge in [0.25, 0.3) is 0 Å². The third-order valence-corrected chi connectivity index (χ3v) is 12.8. The van der Waals surface area contributed by atoms with Gasteiger partial charge >= 0.3 is 0 Å². The third-order valence-electron chi connectivity index (χ3n) is 12.8. The van der Waals surface area contributed by atoms with Crippen molar-refractivity contribution in [1.29, 1.82) is 0 Å². The molecular formula is C53H95NO13. The Kier molecular flexibility index (Phi) is 36.1. The quantitative estimate of drug-likeness (QED) is 0.0218. The number of nitrogens with one attached hydrogen (secondary N) is 1. The van der Waals surface area contributed by atoms with Gasteiger partial charge < -0.3 is 65.1 Å². The van der Waals surface area contributed by atoms with Gasteiger partial charge in [-0.15, -0.1) is 0 Å². The Labute approximate surface area is 403 Å². The molecule has 2 aliphatic heterocycles. The average Bonchev–Trinajstić information content (AvgIpc) is 3.33. The molecule has 0 aromatic rings. The Balaban J connectivity index is 1.59. The molecule has 67 heavy (non-hydrogen) atoms. The highest BCUT2D eigenvalue weighted by atomic mass is 16.7. The summed E-state index contributed by atoms with van der Waals surface area (Å²) in [5.74, 6) is -0.251. The molecule has 2 rings (SSSR count). The van der Waals surface area contributed by atoms with Gasteiger partial charge in [-0.05, 0) is 51.4 Å². The van der Waals surface area contributed by atoms with Crippen molar-refractivity contribution in [2.75, 3.05) is 19.8 Å². The lowest BCUT2D eigenvalue weighted by atomic mass is 9.97. The van der Waals surface area contributed by atoms with E-state index < -0.39 is 86.8 Å². The Morgan fingerprint density at radius 3 is 1.54 bits per heavy atom. The van der Waals surface area contributed by atoms with Crippen molar-refractivity contribution in [1.82, 2.24) is 5.32 Å². The van der Waals surface area contributed by atoms with Gasteiger partial charge in [0, 0.05) is 6.42 Å². The number of ether oxygens (including phenoxy) is 4. The fourth-order valence-corrected chi connectivity index (χ4v) is 8.40. The number of allylic oxidation sites excluding steroid dienone is 7. The molecule has 0 spiro atoms. The Hall–Kier alpha value is -2.05. The highest BCUT2D eigenvalue weighted by molar-refractivity contribution is 5.76. The number of carbonyl (C=O) groups is 1. The van der Waals surface area contributed by atoms with Crippen molar-refractivity contribution in [2.45, 2.75) is 261 Å². The molecule has 0 aromatic heterocycles. The molecule has 9 N–H and O–H groups in total. The lowest BCUT2D eigenvalue weighted by molar-refractivity contribution is -0.359. The minimum absolute atomic E-state index is 0.251. The molecule has 2 aliphatic rings. The van der Waals surface area contributed by atoms with Crippen LogP contribution in [0.5, 0.6) is 0 Å². The summed E-state index contributed by atoms with van der Waals surface area (Å²) in [6, 6.07) is -0.911. The van der Waals surface area contributed by atoms with Crippen molar-refractivity contribution in [3.63, 3.8) is 0 Å². The molecule has 2 fully saturated rings. The molecule has 14 heteroatoms. The van der Waals surface area contributed by atoms with E-state index >= 15 is 0 Å². The predicted octanol–water partition coefficient (Wildman–Crippen LogP) is 7.27. The molecule has 0 aliphatic carbocycles. The Bertz CT molecular complexity index is 1310. The zero-order valence-corrected chi connectivity index (χ0v) is 41.4. The van der Waals surface area contributed by atoms with Crippen molar-refractivity contribution in [3.8, 4) is 0 Å². The van der Waals surface area contributed by atoms with Crippen molar-refractivity contribution >= 4 is 5.91 Å². The van der Waals surface area contributed by atoms with E-state index in [1.54, 1.807) is 6.08 Å². The molecule has 12 atom stereocenters. The molecule has 2 saturated heterocycles.